The van der Waals surface area contributed by atoms with Crippen LogP contribution in [0.2, 0.25) is 10.0 Å². The summed E-state index contributed by atoms with van der Waals surface area (Å²) in [5.74, 6) is 1.43. The Bertz CT molecular complexity index is 508. The number of benzene rings is 2. The molecule has 0 N–H and O–H groups in total. The van der Waals surface area contributed by atoms with Gasteiger partial charge in [-0.25, -0.2) is 0 Å². The van der Waals surface area contributed by atoms with Gasteiger partial charge in [-0.15, -0.1) is 0 Å². The van der Waals surface area contributed by atoms with Gasteiger partial charge in [0.2, 0.25) is 0 Å². The minimum atomic E-state index is 0.559. The summed E-state index contributed by atoms with van der Waals surface area (Å²) in [6.45, 7) is 0. The van der Waals surface area contributed by atoms with Gasteiger partial charge in [0.15, 0.2) is 0 Å². The first kappa shape index (κ1) is 12.7. The third kappa shape index (κ3) is 3.38. The fourth-order valence-electron chi connectivity index (χ4n) is 1.43. The number of para-hydroxylation sites is 1. The van der Waals surface area contributed by atoms with Crippen molar-refractivity contribution in [3.8, 4) is 11.5 Å². The van der Waals surface area contributed by atoms with E-state index < -0.39 is 0 Å². The molecule has 0 atom stereocenters. The molecule has 1 nitrogen and oxygen atoms in total. The van der Waals surface area contributed by atoms with Gasteiger partial charge in [-0.2, -0.15) is 0 Å². The molecule has 0 unspecified atom stereocenters. The van der Waals surface area contributed by atoms with Crippen LogP contribution in [0.4, 0.5) is 0 Å². The molecule has 0 fully saturated rings. The maximum atomic E-state index is 5.92. The van der Waals surface area contributed by atoms with E-state index in [-0.39, 0.29) is 0 Å². The second-order valence-corrected chi connectivity index (χ2v) is 4.88. The van der Waals surface area contributed by atoms with Gasteiger partial charge < -0.3 is 4.74 Å². The molecule has 4 heteroatoms. The zero-order chi connectivity index (χ0) is 12.3. The monoisotopic (exact) mass is 330 g/mol. The van der Waals surface area contributed by atoms with E-state index in [1.54, 1.807) is 18.2 Å². The first-order valence-corrected chi connectivity index (χ1v) is 6.84. The highest BCUT2D eigenvalue weighted by molar-refractivity contribution is 9.08. The topological polar surface area (TPSA) is 9.23 Å². The summed E-state index contributed by atoms with van der Waals surface area (Å²) in [6.07, 6.45) is 0. The molecule has 0 aliphatic heterocycles. The molecular formula is C13H9BrCl2O. The highest BCUT2D eigenvalue weighted by Gasteiger charge is 2.04. The van der Waals surface area contributed by atoms with E-state index in [1.165, 1.54) is 0 Å². The van der Waals surface area contributed by atoms with Crippen molar-refractivity contribution in [2.24, 2.45) is 0 Å². The molecule has 0 aliphatic rings. The summed E-state index contributed by atoms with van der Waals surface area (Å²) in [5, 5.41) is 1.85. The van der Waals surface area contributed by atoms with E-state index in [9.17, 15) is 0 Å². The zero-order valence-corrected chi connectivity index (χ0v) is 11.9. The minimum Gasteiger partial charge on any atom is -0.457 e. The molecule has 0 spiro atoms. The van der Waals surface area contributed by atoms with Gasteiger partial charge in [0.25, 0.3) is 0 Å². The zero-order valence-electron chi connectivity index (χ0n) is 8.79. The number of hydrogen-bond donors (Lipinski definition) is 0. The van der Waals surface area contributed by atoms with Crippen molar-refractivity contribution in [2.75, 3.05) is 0 Å². The lowest BCUT2D eigenvalue weighted by Gasteiger charge is -2.10. The Morgan fingerprint density at radius 1 is 1.00 bits per heavy atom. The van der Waals surface area contributed by atoms with E-state index in [2.05, 4.69) is 15.9 Å². The molecule has 2 rings (SSSR count). The molecular weight excluding hydrogens is 323 g/mol. The smallest absolute Gasteiger partial charge is 0.131 e. The van der Waals surface area contributed by atoms with Crippen LogP contribution in [0.15, 0.2) is 42.5 Å². The van der Waals surface area contributed by atoms with E-state index in [0.29, 0.717) is 15.8 Å². The maximum Gasteiger partial charge on any atom is 0.131 e. The average Bonchev–Trinajstić information content (AvgIpc) is 2.28. The van der Waals surface area contributed by atoms with Crippen molar-refractivity contribution in [1.29, 1.82) is 0 Å². The molecule has 0 aliphatic carbocycles. The Kier molecular flexibility index (Phi) is 4.32. The second kappa shape index (κ2) is 5.76. The van der Waals surface area contributed by atoms with Gasteiger partial charge in [0.05, 0.1) is 0 Å². The number of hydrogen-bond acceptors (Lipinski definition) is 1. The van der Waals surface area contributed by atoms with Crippen LogP contribution >= 0.6 is 39.1 Å². The molecule has 0 saturated carbocycles. The Morgan fingerprint density at radius 2 is 1.65 bits per heavy atom. The SMILES string of the molecule is Clc1cc(Cl)cc(Oc2ccccc2CBr)c1. The largest absolute Gasteiger partial charge is 0.457 e. The first-order chi connectivity index (χ1) is 8.19. The van der Waals surface area contributed by atoms with Crippen molar-refractivity contribution >= 4 is 39.1 Å². The molecule has 0 aromatic heterocycles. The van der Waals surface area contributed by atoms with Crippen molar-refractivity contribution < 1.29 is 4.74 Å². The fraction of sp³-hybridized carbons (Fsp3) is 0.0769. The van der Waals surface area contributed by atoms with Gasteiger partial charge in [0.1, 0.15) is 11.5 Å². The summed E-state index contributed by atoms with van der Waals surface area (Å²) in [6, 6.07) is 12.9. The second-order valence-electron chi connectivity index (χ2n) is 3.45. The minimum absolute atomic E-state index is 0.559. The lowest BCUT2D eigenvalue weighted by Crippen LogP contribution is -1.89. The number of rotatable bonds is 3. The van der Waals surface area contributed by atoms with Crippen LogP contribution in [0.3, 0.4) is 0 Å². The van der Waals surface area contributed by atoms with Crippen LogP contribution in [0.25, 0.3) is 0 Å². The van der Waals surface area contributed by atoms with E-state index >= 15 is 0 Å². The van der Waals surface area contributed by atoms with Crippen molar-refractivity contribution in [3.05, 3.63) is 58.1 Å². The van der Waals surface area contributed by atoms with Gasteiger partial charge >= 0.3 is 0 Å². The Labute approximate surface area is 118 Å². The van der Waals surface area contributed by atoms with Gasteiger partial charge in [-0.05, 0) is 24.3 Å². The lowest BCUT2D eigenvalue weighted by molar-refractivity contribution is 0.478. The van der Waals surface area contributed by atoms with Crippen molar-refractivity contribution in [2.45, 2.75) is 5.33 Å². The Balaban J connectivity index is 2.31. The summed E-state index contributed by atoms with van der Waals surface area (Å²) in [4.78, 5) is 0. The Morgan fingerprint density at radius 3 is 2.29 bits per heavy atom. The molecule has 0 amide bonds. The molecule has 17 heavy (non-hydrogen) atoms. The molecule has 0 bridgehead atoms. The molecule has 88 valence electrons. The number of alkyl halides is 1. The summed E-state index contributed by atoms with van der Waals surface area (Å²) >= 11 is 15.3. The predicted octanol–water partition coefficient (Wildman–Crippen LogP) is 5.68. The summed E-state index contributed by atoms with van der Waals surface area (Å²) in [5.41, 5.74) is 1.07. The molecule has 0 radical (unpaired) electrons. The normalized spacial score (nSPS) is 10.3. The third-order valence-electron chi connectivity index (χ3n) is 2.18. The number of ether oxygens (including phenoxy) is 1. The fourth-order valence-corrected chi connectivity index (χ4v) is 2.40. The molecule has 0 heterocycles. The highest BCUT2D eigenvalue weighted by atomic mass is 79.9. The van der Waals surface area contributed by atoms with Crippen LogP contribution < -0.4 is 4.74 Å². The van der Waals surface area contributed by atoms with Gasteiger partial charge in [0, 0.05) is 20.9 Å². The summed E-state index contributed by atoms with van der Waals surface area (Å²) < 4.78 is 5.76. The predicted molar refractivity (Wildman–Crippen MR) is 75.6 cm³/mol. The van der Waals surface area contributed by atoms with Crippen LogP contribution in [0, 0.1) is 0 Å². The number of halogens is 3. The lowest BCUT2D eigenvalue weighted by atomic mass is 10.2. The van der Waals surface area contributed by atoms with Crippen LogP contribution in [-0.4, -0.2) is 0 Å². The molecule has 0 saturated heterocycles. The van der Waals surface area contributed by atoms with Gasteiger partial charge in [-0.1, -0.05) is 57.3 Å². The first-order valence-electron chi connectivity index (χ1n) is 4.97. The van der Waals surface area contributed by atoms with Gasteiger partial charge in [-0.3, -0.25) is 0 Å². The Hall–Kier alpha value is -0.700. The average molecular weight is 332 g/mol. The van der Waals surface area contributed by atoms with E-state index in [0.717, 1.165) is 16.6 Å². The van der Waals surface area contributed by atoms with E-state index in [1.807, 2.05) is 24.3 Å². The standard InChI is InChI=1S/C13H9BrCl2O/c14-8-9-3-1-2-4-13(9)17-12-6-10(15)5-11(16)7-12/h1-7H,8H2. The van der Waals surface area contributed by atoms with Crippen LogP contribution in [0.5, 0.6) is 11.5 Å². The highest BCUT2D eigenvalue weighted by Crippen LogP contribution is 2.30. The molecule has 2 aromatic carbocycles. The third-order valence-corrected chi connectivity index (χ3v) is 3.22. The van der Waals surface area contributed by atoms with Crippen molar-refractivity contribution in [3.63, 3.8) is 0 Å². The molecule has 2 aromatic rings. The quantitative estimate of drug-likeness (QED) is 0.657. The summed E-state index contributed by atoms with van der Waals surface area (Å²) in [7, 11) is 0. The van der Waals surface area contributed by atoms with Crippen molar-refractivity contribution in [1.82, 2.24) is 0 Å². The van der Waals surface area contributed by atoms with E-state index in [4.69, 9.17) is 27.9 Å². The maximum absolute atomic E-state index is 5.92. The van der Waals surface area contributed by atoms with Crippen LogP contribution in [0.1, 0.15) is 5.56 Å². The van der Waals surface area contributed by atoms with Crippen LogP contribution in [-0.2, 0) is 5.33 Å².